The maximum absolute atomic E-state index is 5.89. The molecule has 0 amide bonds. The van der Waals surface area contributed by atoms with E-state index < -0.39 is 0 Å². The van der Waals surface area contributed by atoms with Gasteiger partial charge in [-0.25, -0.2) is 0 Å². The molecule has 0 aliphatic heterocycles. The van der Waals surface area contributed by atoms with Crippen molar-refractivity contribution in [1.82, 2.24) is 5.32 Å². The van der Waals surface area contributed by atoms with Crippen LogP contribution in [0, 0.1) is 12.8 Å². The normalized spacial score (nSPS) is 16.2. The first-order chi connectivity index (χ1) is 8.65. The summed E-state index contributed by atoms with van der Waals surface area (Å²) in [7, 11) is 0. The van der Waals surface area contributed by atoms with E-state index in [4.69, 9.17) is 4.74 Å². The van der Waals surface area contributed by atoms with E-state index in [9.17, 15) is 0 Å². The molecule has 1 saturated carbocycles. The summed E-state index contributed by atoms with van der Waals surface area (Å²) in [6, 6.07) is 2.31. The first-order valence-electron chi connectivity index (χ1n) is 7.05. The van der Waals surface area contributed by atoms with Gasteiger partial charge in [0.1, 0.15) is 0 Å². The van der Waals surface area contributed by atoms with Crippen LogP contribution in [0.1, 0.15) is 48.4 Å². The Morgan fingerprint density at radius 3 is 2.83 bits per heavy atom. The zero-order valence-electron chi connectivity index (χ0n) is 11.8. The highest BCUT2D eigenvalue weighted by Gasteiger charge is 2.18. The van der Waals surface area contributed by atoms with Crippen LogP contribution in [0.4, 0.5) is 0 Å². The molecule has 2 nitrogen and oxygen atoms in total. The van der Waals surface area contributed by atoms with Crippen LogP contribution >= 0.6 is 11.3 Å². The van der Waals surface area contributed by atoms with Crippen LogP contribution in [0.3, 0.4) is 0 Å². The highest BCUT2D eigenvalue weighted by atomic mass is 32.1. The van der Waals surface area contributed by atoms with Crippen molar-refractivity contribution in [2.75, 3.05) is 6.54 Å². The van der Waals surface area contributed by atoms with Crippen LogP contribution in [0.5, 0.6) is 0 Å². The highest BCUT2D eigenvalue weighted by molar-refractivity contribution is 7.12. The number of aryl methyl sites for hydroxylation is 1. The van der Waals surface area contributed by atoms with Crippen molar-refractivity contribution in [2.45, 2.75) is 59.3 Å². The minimum absolute atomic E-state index is 0.534. The summed E-state index contributed by atoms with van der Waals surface area (Å²) in [5.41, 5.74) is 1.38. The van der Waals surface area contributed by atoms with Crippen molar-refractivity contribution in [3.05, 3.63) is 21.4 Å². The van der Waals surface area contributed by atoms with E-state index in [1.165, 1.54) is 34.6 Å². The van der Waals surface area contributed by atoms with Gasteiger partial charge in [-0.1, -0.05) is 13.8 Å². The van der Waals surface area contributed by atoms with Gasteiger partial charge in [0, 0.05) is 16.3 Å². The smallest absolute Gasteiger partial charge is 0.0731 e. The van der Waals surface area contributed by atoms with E-state index in [0.717, 1.165) is 19.7 Å². The Morgan fingerprint density at radius 1 is 1.44 bits per heavy atom. The van der Waals surface area contributed by atoms with Gasteiger partial charge in [-0.05, 0) is 50.3 Å². The first kappa shape index (κ1) is 14.0. The van der Waals surface area contributed by atoms with Crippen LogP contribution < -0.4 is 5.32 Å². The molecule has 1 aromatic rings. The molecule has 0 saturated heterocycles. The fourth-order valence-electron chi connectivity index (χ4n) is 2.05. The molecule has 0 bridgehead atoms. The Balaban J connectivity index is 1.78. The molecular weight excluding hydrogens is 242 g/mol. The van der Waals surface area contributed by atoms with E-state index in [1.807, 2.05) is 11.3 Å². The Morgan fingerprint density at radius 2 is 2.22 bits per heavy atom. The molecular formula is C15H25NOS. The molecule has 1 aliphatic rings. The van der Waals surface area contributed by atoms with Gasteiger partial charge in [-0.3, -0.25) is 0 Å². The monoisotopic (exact) mass is 267 g/mol. The van der Waals surface area contributed by atoms with Gasteiger partial charge in [0.2, 0.25) is 0 Å². The van der Waals surface area contributed by atoms with E-state index in [1.54, 1.807) is 0 Å². The van der Waals surface area contributed by atoms with Crippen LogP contribution in [-0.2, 0) is 17.9 Å². The fourth-order valence-corrected chi connectivity index (χ4v) is 3.06. The molecule has 0 spiro atoms. The van der Waals surface area contributed by atoms with Gasteiger partial charge in [-0.2, -0.15) is 0 Å². The lowest BCUT2D eigenvalue weighted by Gasteiger charge is -2.25. The van der Waals surface area contributed by atoms with Gasteiger partial charge >= 0.3 is 0 Å². The molecule has 1 N–H and O–H groups in total. The van der Waals surface area contributed by atoms with Crippen molar-refractivity contribution in [1.29, 1.82) is 0 Å². The Kier molecular flexibility index (Phi) is 5.22. The summed E-state index contributed by atoms with van der Waals surface area (Å²) in [4.78, 5) is 2.84. The van der Waals surface area contributed by atoms with Gasteiger partial charge in [0.25, 0.3) is 0 Å². The first-order valence-corrected chi connectivity index (χ1v) is 7.87. The van der Waals surface area contributed by atoms with Gasteiger partial charge in [-0.15, -0.1) is 11.3 Å². The molecule has 0 atom stereocenters. The number of rotatable bonds is 7. The van der Waals surface area contributed by atoms with E-state index >= 15 is 0 Å². The third-order valence-corrected chi connectivity index (χ3v) is 4.54. The van der Waals surface area contributed by atoms with E-state index in [2.05, 4.69) is 32.2 Å². The van der Waals surface area contributed by atoms with Gasteiger partial charge in [0.05, 0.1) is 12.7 Å². The number of nitrogens with one attached hydrogen (secondary N) is 1. The minimum Gasteiger partial charge on any atom is -0.374 e. The molecule has 0 radical (unpaired) electrons. The van der Waals surface area contributed by atoms with Crippen LogP contribution in [0.15, 0.2) is 6.07 Å². The highest BCUT2D eigenvalue weighted by Crippen LogP contribution is 2.26. The molecule has 1 heterocycles. The van der Waals surface area contributed by atoms with E-state index in [0.29, 0.717) is 12.0 Å². The predicted molar refractivity (Wildman–Crippen MR) is 78.0 cm³/mol. The molecule has 3 heteroatoms. The summed E-state index contributed by atoms with van der Waals surface area (Å²) >= 11 is 1.90. The number of hydrogen-bond acceptors (Lipinski definition) is 3. The summed E-state index contributed by atoms with van der Waals surface area (Å²) in [6.45, 7) is 9.57. The molecule has 0 aromatic carbocycles. The summed E-state index contributed by atoms with van der Waals surface area (Å²) in [6.07, 6.45) is 4.39. The fraction of sp³-hybridized carbons (Fsp3) is 0.733. The van der Waals surface area contributed by atoms with Crippen molar-refractivity contribution in [2.24, 2.45) is 5.92 Å². The standard InChI is InChI=1S/C15H25NOS/c1-11(2)8-16-9-15-7-13(12(3)18-15)10-17-14-5-4-6-14/h7,11,14,16H,4-6,8-10H2,1-3H3. The zero-order valence-corrected chi connectivity index (χ0v) is 12.6. The second-order valence-corrected chi connectivity index (χ2v) is 7.02. The molecule has 18 heavy (non-hydrogen) atoms. The topological polar surface area (TPSA) is 21.3 Å². The van der Waals surface area contributed by atoms with Crippen LogP contribution in [0.2, 0.25) is 0 Å². The second-order valence-electron chi connectivity index (χ2n) is 5.68. The average molecular weight is 267 g/mol. The van der Waals surface area contributed by atoms with Crippen molar-refractivity contribution < 1.29 is 4.74 Å². The molecule has 1 aromatic heterocycles. The molecule has 2 rings (SSSR count). The minimum atomic E-state index is 0.534. The lowest BCUT2D eigenvalue weighted by atomic mass is 9.96. The molecule has 102 valence electrons. The summed E-state index contributed by atoms with van der Waals surface area (Å²) < 4.78 is 5.89. The van der Waals surface area contributed by atoms with Crippen LogP contribution in [0.25, 0.3) is 0 Å². The zero-order chi connectivity index (χ0) is 13.0. The predicted octanol–water partition coefficient (Wildman–Crippen LogP) is 3.87. The number of thiophene rings is 1. The number of ether oxygens (including phenoxy) is 1. The lowest BCUT2D eigenvalue weighted by Crippen LogP contribution is -2.21. The third kappa shape index (κ3) is 4.08. The van der Waals surface area contributed by atoms with Gasteiger partial charge < -0.3 is 10.1 Å². The summed E-state index contributed by atoms with van der Waals surface area (Å²) in [5.74, 6) is 0.715. The SMILES string of the molecule is Cc1sc(CNCC(C)C)cc1COC1CCC1. The van der Waals surface area contributed by atoms with Crippen molar-refractivity contribution in [3.63, 3.8) is 0 Å². The molecule has 1 aliphatic carbocycles. The van der Waals surface area contributed by atoms with Crippen molar-refractivity contribution >= 4 is 11.3 Å². The summed E-state index contributed by atoms with van der Waals surface area (Å²) in [5, 5.41) is 3.50. The molecule has 1 fully saturated rings. The lowest BCUT2D eigenvalue weighted by molar-refractivity contribution is -0.00871. The second kappa shape index (κ2) is 6.69. The van der Waals surface area contributed by atoms with Gasteiger partial charge in [0.15, 0.2) is 0 Å². The third-order valence-electron chi connectivity index (χ3n) is 3.45. The largest absolute Gasteiger partial charge is 0.374 e. The Hall–Kier alpha value is -0.380. The Labute approximate surface area is 115 Å². The quantitative estimate of drug-likeness (QED) is 0.809. The van der Waals surface area contributed by atoms with Crippen molar-refractivity contribution in [3.8, 4) is 0 Å². The molecule has 0 unspecified atom stereocenters. The number of hydrogen-bond donors (Lipinski definition) is 1. The average Bonchev–Trinajstić information content (AvgIpc) is 2.57. The van der Waals surface area contributed by atoms with Crippen LogP contribution in [-0.4, -0.2) is 12.6 Å². The van der Waals surface area contributed by atoms with E-state index in [-0.39, 0.29) is 0 Å². The maximum Gasteiger partial charge on any atom is 0.0731 e. The Bertz CT molecular complexity index is 369. The maximum atomic E-state index is 5.89.